The minimum absolute atomic E-state index is 0.0455. The molecule has 3 aromatic rings. The molecule has 2 saturated heterocycles. The van der Waals surface area contributed by atoms with E-state index in [-0.39, 0.29) is 17.8 Å². The average Bonchev–Trinajstić information content (AvgIpc) is 2.87. The van der Waals surface area contributed by atoms with Crippen LogP contribution in [-0.4, -0.2) is 72.9 Å². The van der Waals surface area contributed by atoms with Crippen LogP contribution in [0.5, 0.6) is 5.75 Å². The summed E-state index contributed by atoms with van der Waals surface area (Å²) in [6.07, 6.45) is 1.09. The molecule has 3 heterocycles. The zero-order valence-electron chi connectivity index (χ0n) is 20.2. The summed E-state index contributed by atoms with van der Waals surface area (Å²) < 4.78 is 44.5. The Bertz CT molecular complexity index is 1250. The van der Waals surface area contributed by atoms with Gasteiger partial charge in [0.25, 0.3) is 5.91 Å². The summed E-state index contributed by atoms with van der Waals surface area (Å²) in [7, 11) is 0. The third kappa shape index (κ3) is 5.24. The molecule has 1 aromatic heterocycles. The first-order chi connectivity index (χ1) is 17.4. The number of halogens is 2. The van der Waals surface area contributed by atoms with Crippen LogP contribution in [-0.2, 0) is 9.47 Å². The Balaban J connectivity index is 1.55. The lowest BCUT2D eigenvalue weighted by atomic mass is 10.0. The fourth-order valence-corrected chi connectivity index (χ4v) is 4.56. The van der Waals surface area contributed by atoms with E-state index < -0.39 is 17.7 Å². The molecule has 0 bridgehead atoms. The van der Waals surface area contributed by atoms with E-state index in [0.717, 1.165) is 18.2 Å². The van der Waals surface area contributed by atoms with Crippen molar-refractivity contribution in [3.63, 3.8) is 0 Å². The molecule has 0 radical (unpaired) electrons. The maximum atomic E-state index is 13.8. The summed E-state index contributed by atoms with van der Waals surface area (Å²) in [4.78, 5) is 26.6. The number of hydrogen-bond acceptors (Lipinski definition) is 7. The third-order valence-corrected chi connectivity index (χ3v) is 6.36. The van der Waals surface area contributed by atoms with E-state index in [2.05, 4.69) is 9.88 Å². The fourth-order valence-electron chi connectivity index (χ4n) is 4.56. The van der Waals surface area contributed by atoms with Gasteiger partial charge in [-0.2, -0.15) is 0 Å². The van der Waals surface area contributed by atoms with E-state index in [1.165, 1.54) is 0 Å². The molecule has 2 aromatic carbocycles. The first kappa shape index (κ1) is 24.3. The predicted octanol–water partition coefficient (Wildman–Crippen LogP) is 3.75. The normalized spacial score (nSPS) is 19.4. The summed E-state index contributed by atoms with van der Waals surface area (Å²) in [6, 6.07) is 6.49. The van der Waals surface area contributed by atoms with Gasteiger partial charge >= 0.3 is 0 Å². The van der Waals surface area contributed by atoms with Crippen LogP contribution in [0.1, 0.15) is 35.9 Å². The Morgan fingerprint density at radius 2 is 1.83 bits per heavy atom. The lowest BCUT2D eigenvalue weighted by Gasteiger charge is -2.32. The maximum Gasteiger partial charge on any atom is 0.254 e. The van der Waals surface area contributed by atoms with E-state index in [0.29, 0.717) is 74.0 Å². The van der Waals surface area contributed by atoms with Crippen LogP contribution in [0.25, 0.3) is 11.0 Å². The Hall–Kier alpha value is -3.37. The number of morpholine rings is 2. The number of benzene rings is 2. The second-order valence-electron chi connectivity index (χ2n) is 9.06. The van der Waals surface area contributed by atoms with Gasteiger partial charge in [-0.1, -0.05) is 0 Å². The highest BCUT2D eigenvalue weighted by Crippen LogP contribution is 2.31. The van der Waals surface area contributed by atoms with Gasteiger partial charge in [-0.25, -0.2) is 13.8 Å². The van der Waals surface area contributed by atoms with Crippen LogP contribution in [0.4, 0.5) is 14.6 Å². The number of ether oxygens (including phenoxy) is 3. The molecule has 2 aliphatic rings. The van der Waals surface area contributed by atoms with Gasteiger partial charge in [0, 0.05) is 55.5 Å². The zero-order valence-corrected chi connectivity index (χ0v) is 20.2. The van der Waals surface area contributed by atoms with Crippen molar-refractivity contribution in [1.29, 1.82) is 0 Å². The van der Waals surface area contributed by atoms with Crippen LogP contribution >= 0.6 is 0 Å². The van der Waals surface area contributed by atoms with Crippen molar-refractivity contribution in [3.8, 4) is 5.75 Å². The molecule has 190 valence electrons. The lowest BCUT2D eigenvalue weighted by Crippen LogP contribution is -2.41. The van der Waals surface area contributed by atoms with E-state index in [1.54, 1.807) is 30.2 Å². The number of hydrogen-bond donors (Lipinski definition) is 0. The van der Waals surface area contributed by atoms with Crippen LogP contribution in [0, 0.1) is 11.6 Å². The Labute approximate surface area is 207 Å². The number of carbonyl (C=O) groups excluding carboxylic acids is 1. The van der Waals surface area contributed by atoms with Gasteiger partial charge in [0.15, 0.2) is 0 Å². The van der Waals surface area contributed by atoms with Gasteiger partial charge in [0.2, 0.25) is 0 Å². The number of anilines is 1. The number of aromatic nitrogens is 2. The summed E-state index contributed by atoms with van der Waals surface area (Å²) in [5.41, 5.74) is 2.15. The summed E-state index contributed by atoms with van der Waals surface area (Å²) in [5.74, 6) is -0.874. The predicted molar refractivity (Wildman–Crippen MR) is 129 cm³/mol. The molecule has 8 nitrogen and oxygen atoms in total. The molecule has 0 N–H and O–H groups in total. The first-order valence-electron chi connectivity index (χ1n) is 12.0. The van der Waals surface area contributed by atoms with Crippen molar-refractivity contribution in [2.24, 2.45) is 0 Å². The number of rotatable bonds is 5. The van der Waals surface area contributed by atoms with E-state index in [1.807, 2.05) is 6.92 Å². The van der Waals surface area contributed by atoms with Crippen molar-refractivity contribution in [2.45, 2.75) is 26.1 Å². The number of nitrogens with zero attached hydrogens (tertiary/aromatic N) is 4. The van der Waals surface area contributed by atoms with Crippen molar-refractivity contribution in [3.05, 3.63) is 59.3 Å². The highest BCUT2D eigenvalue weighted by Gasteiger charge is 2.24. The highest BCUT2D eigenvalue weighted by molar-refractivity contribution is 5.98. The smallest absolute Gasteiger partial charge is 0.254 e. The van der Waals surface area contributed by atoms with Crippen molar-refractivity contribution < 1.29 is 27.8 Å². The monoisotopic (exact) mass is 498 g/mol. The molecule has 2 unspecified atom stereocenters. The molecule has 1 amide bonds. The molecular weight excluding hydrogens is 470 g/mol. The maximum absolute atomic E-state index is 13.8. The Morgan fingerprint density at radius 3 is 2.56 bits per heavy atom. The minimum atomic E-state index is -0.734. The minimum Gasteiger partial charge on any atom is -0.486 e. The van der Waals surface area contributed by atoms with E-state index >= 15 is 0 Å². The summed E-state index contributed by atoms with van der Waals surface area (Å²) in [6.45, 7) is 7.68. The zero-order chi connectivity index (χ0) is 25.2. The highest BCUT2D eigenvalue weighted by atomic mass is 19.1. The van der Waals surface area contributed by atoms with Crippen LogP contribution in [0.15, 0.2) is 36.5 Å². The molecule has 0 aliphatic carbocycles. The molecule has 36 heavy (non-hydrogen) atoms. The lowest BCUT2D eigenvalue weighted by molar-refractivity contribution is 0.0303. The average molecular weight is 499 g/mol. The molecule has 0 spiro atoms. The number of carbonyl (C=O) groups is 1. The molecular formula is C26H28F2N4O4. The molecule has 2 fully saturated rings. The van der Waals surface area contributed by atoms with Crippen LogP contribution in [0.3, 0.4) is 0 Å². The molecule has 2 aliphatic heterocycles. The van der Waals surface area contributed by atoms with Gasteiger partial charge < -0.3 is 24.0 Å². The second kappa shape index (κ2) is 10.3. The van der Waals surface area contributed by atoms with E-state index in [9.17, 15) is 13.6 Å². The summed E-state index contributed by atoms with van der Waals surface area (Å²) >= 11 is 0. The number of amides is 1. The Kier molecular flexibility index (Phi) is 6.97. The van der Waals surface area contributed by atoms with Crippen molar-refractivity contribution >= 4 is 22.8 Å². The van der Waals surface area contributed by atoms with Gasteiger partial charge in [0.1, 0.15) is 29.3 Å². The van der Waals surface area contributed by atoms with E-state index in [4.69, 9.17) is 19.2 Å². The van der Waals surface area contributed by atoms with Gasteiger partial charge in [-0.3, -0.25) is 9.78 Å². The third-order valence-electron chi connectivity index (χ3n) is 6.36. The van der Waals surface area contributed by atoms with Crippen LogP contribution in [0.2, 0.25) is 0 Å². The summed E-state index contributed by atoms with van der Waals surface area (Å²) in [5, 5.41) is 0. The van der Waals surface area contributed by atoms with Gasteiger partial charge in [-0.05, 0) is 26.0 Å². The standard InChI is InChI=1S/C26H28F2N4O4/c1-16-15-32(5-8-35-16)24-14-29-23-10-18(26(33)31-3-6-34-7-4-31)9-22(25(23)30-24)17(2)36-21-12-19(27)11-20(28)13-21/h9-14,16-17H,3-8,15H2,1-2H3. The molecule has 5 rings (SSSR count). The number of fused-ring (bicyclic) bond motifs is 1. The van der Waals surface area contributed by atoms with Crippen molar-refractivity contribution in [1.82, 2.24) is 14.9 Å². The molecule has 10 heteroatoms. The van der Waals surface area contributed by atoms with Gasteiger partial charge in [-0.15, -0.1) is 0 Å². The first-order valence-corrected chi connectivity index (χ1v) is 12.0. The SMILES string of the molecule is CC1CN(c2cnc3cc(C(=O)N4CCOCC4)cc(C(C)Oc4cc(F)cc(F)c4)c3n2)CCO1. The topological polar surface area (TPSA) is 77.0 Å². The fraction of sp³-hybridized carbons (Fsp3) is 0.423. The largest absolute Gasteiger partial charge is 0.486 e. The quantitative estimate of drug-likeness (QED) is 0.530. The van der Waals surface area contributed by atoms with Crippen molar-refractivity contribution in [2.75, 3.05) is 50.9 Å². The molecule has 2 atom stereocenters. The second-order valence-corrected chi connectivity index (χ2v) is 9.06. The van der Waals surface area contributed by atoms with Gasteiger partial charge in [0.05, 0.1) is 43.2 Å². The Morgan fingerprint density at radius 1 is 1.08 bits per heavy atom. The van der Waals surface area contributed by atoms with Crippen LogP contribution < -0.4 is 9.64 Å². The molecule has 0 saturated carbocycles.